The molecule has 0 bridgehead atoms. The summed E-state index contributed by atoms with van der Waals surface area (Å²) in [6, 6.07) is 8.53. The Morgan fingerprint density at radius 1 is 1.40 bits per heavy atom. The van der Waals surface area contributed by atoms with E-state index in [1.54, 1.807) is 0 Å². The quantitative estimate of drug-likeness (QED) is 0.836. The van der Waals surface area contributed by atoms with Crippen LogP contribution in [0.25, 0.3) is 0 Å². The third-order valence-corrected chi connectivity index (χ3v) is 4.05. The molecule has 0 saturated heterocycles. The largest absolute Gasteiger partial charge is 0.396 e. The van der Waals surface area contributed by atoms with E-state index in [2.05, 4.69) is 45.5 Å². The zero-order chi connectivity index (χ0) is 14.5. The van der Waals surface area contributed by atoms with Crippen molar-refractivity contribution in [1.29, 1.82) is 0 Å². The van der Waals surface area contributed by atoms with E-state index in [1.165, 1.54) is 0 Å². The summed E-state index contributed by atoms with van der Waals surface area (Å²) in [4.78, 5) is 5.57. The predicted molar refractivity (Wildman–Crippen MR) is 83.8 cm³/mol. The molecule has 0 spiro atoms. The molecule has 1 aromatic rings. The van der Waals surface area contributed by atoms with Gasteiger partial charge in [0, 0.05) is 17.1 Å². The molecule has 1 heterocycles. The molecule has 0 amide bonds. The monoisotopic (exact) mass is 340 g/mol. The fourth-order valence-corrected chi connectivity index (χ4v) is 2.64. The second kappa shape index (κ2) is 7.20. The van der Waals surface area contributed by atoms with Crippen molar-refractivity contribution >= 4 is 21.6 Å². The number of aliphatic hydroxyl groups is 1. The first-order chi connectivity index (χ1) is 9.61. The van der Waals surface area contributed by atoms with Crippen LogP contribution in [0, 0.1) is 0 Å². The Morgan fingerprint density at radius 2 is 2.10 bits per heavy atom. The Hall–Kier alpha value is -0.910. The molecule has 110 valence electrons. The summed E-state index contributed by atoms with van der Waals surface area (Å²) in [5.41, 5.74) is 2.08. The molecule has 2 rings (SSSR count). The van der Waals surface area contributed by atoms with E-state index in [9.17, 15) is 0 Å². The van der Waals surface area contributed by atoms with Gasteiger partial charge in [-0.05, 0) is 44.4 Å². The summed E-state index contributed by atoms with van der Waals surface area (Å²) >= 11 is 3.44. The standard InChI is InChI=1S/C15H21BrN2O2/c1-10(4-3-9-19)17-14-11(2)18-20-15(14)12-5-7-13(16)8-6-12/h5-8,10,14-15,17,19H,3-4,9H2,1-2H3. The van der Waals surface area contributed by atoms with E-state index in [4.69, 9.17) is 9.94 Å². The van der Waals surface area contributed by atoms with Gasteiger partial charge in [0.2, 0.25) is 0 Å². The van der Waals surface area contributed by atoms with Crippen LogP contribution in [0.5, 0.6) is 0 Å². The van der Waals surface area contributed by atoms with Crippen molar-refractivity contribution in [3.8, 4) is 0 Å². The molecule has 1 aromatic carbocycles. The van der Waals surface area contributed by atoms with Crippen LogP contribution in [0.2, 0.25) is 0 Å². The average molecular weight is 341 g/mol. The molecular formula is C15H21BrN2O2. The Bertz CT molecular complexity index is 461. The Kier molecular flexibility index (Phi) is 5.57. The summed E-state index contributed by atoms with van der Waals surface area (Å²) < 4.78 is 1.05. The second-order valence-electron chi connectivity index (χ2n) is 5.22. The molecule has 3 unspecified atom stereocenters. The number of rotatable bonds is 6. The molecule has 2 N–H and O–H groups in total. The smallest absolute Gasteiger partial charge is 0.173 e. The van der Waals surface area contributed by atoms with E-state index in [-0.39, 0.29) is 18.8 Å². The van der Waals surface area contributed by atoms with Gasteiger partial charge in [0.25, 0.3) is 0 Å². The first-order valence-electron chi connectivity index (χ1n) is 6.94. The minimum Gasteiger partial charge on any atom is -0.396 e. The van der Waals surface area contributed by atoms with Gasteiger partial charge >= 0.3 is 0 Å². The van der Waals surface area contributed by atoms with Crippen LogP contribution >= 0.6 is 15.9 Å². The summed E-state index contributed by atoms with van der Waals surface area (Å²) in [5, 5.41) is 16.6. The minimum absolute atomic E-state index is 0.0836. The number of nitrogens with one attached hydrogen (secondary N) is 1. The van der Waals surface area contributed by atoms with Crippen LogP contribution in [0.15, 0.2) is 33.9 Å². The third-order valence-electron chi connectivity index (χ3n) is 3.52. The molecule has 0 aromatic heterocycles. The second-order valence-corrected chi connectivity index (χ2v) is 6.14. The molecule has 1 aliphatic rings. The zero-order valence-corrected chi connectivity index (χ0v) is 13.4. The van der Waals surface area contributed by atoms with E-state index in [0.717, 1.165) is 28.6 Å². The van der Waals surface area contributed by atoms with Gasteiger partial charge < -0.3 is 15.3 Å². The summed E-state index contributed by atoms with van der Waals surface area (Å²) in [6.45, 7) is 4.34. The molecule has 3 atom stereocenters. The molecule has 0 aliphatic carbocycles. The van der Waals surface area contributed by atoms with E-state index >= 15 is 0 Å². The SMILES string of the molecule is CC1=NOC(c2ccc(Br)cc2)C1NC(C)CCCO. The number of oxime groups is 1. The van der Waals surface area contributed by atoms with Gasteiger partial charge in [-0.15, -0.1) is 0 Å². The van der Waals surface area contributed by atoms with Crippen molar-refractivity contribution < 1.29 is 9.94 Å². The Balaban J connectivity index is 2.04. The van der Waals surface area contributed by atoms with Gasteiger partial charge in [-0.2, -0.15) is 0 Å². The lowest BCUT2D eigenvalue weighted by Crippen LogP contribution is -2.43. The summed E-state index contributed by atoms with van der Waals surface area (Å²) in [6.07, 6.45) is 1.66. The molecule has 1 aliphatic heterocycles. The van der Waals surface area contributed by atoms with Crippen molar-refractivity contribution in [3.63, 3.8) is 0 Å². The first kappa shape index (κ1) is 15.5. The Morgan fingerprint density at radius 3 is 2.75 bits per heavy atom. The number of halogens is 1. The van der Waals surface area contributed by atoms with Gasteiger partial charge in [-0.25, -0.2) is 0 Å². The third kappa shape index (κ3) is 3.81. The van der Waals surface area contributed by atoms with E-state index in [0.29, 0.717) is 6.04 Å². The molecule has 4 nitrogen and oxygen atoms in total. The fraction of sp³-hybridized carbons (Fsp3) is 0.533. The van der Waals surface area contributed by atoms with Gasteiger partial charge in [0.05, 0.1) is 11.8 Å². The zero-order valence-electron chi connectivity index (χ0n) is 11.8. The van der Waals surface area contributed by atoms with Gasteiger partial charge in [0.1, 0.15) is 0 Å². The number of hydrogen-bond acceptors (Lipinski definition) is 4. The highest BCUT2D eigenvalue weighted by Gasteiger charge is 2.33. The molecule has 0 fully saturated rings. The highest BCUT2D eigenvalue weighted by molar-refractivity contribution is 9.10. The normalized spacial score (nSPS) is 23.3. The first-order valence-corrected chi connectivity index (χ1v) is 7.74. The van der Waals surface area contributed by atoms with Gasteiger partial charge in [0.15, 0.2) is 6.10 Å². The summed E-state index contributed by atoms with van der Waals surface area (Å²) in [7, 11) is 0. The van der Waals surface area contributed by atoms with E-state index in [1.807, 2.05) is 19.1 Å². The number of hydrogen-bond donors (Lipinski definition) is 2. The minimum atomic E-state index is -0.0836. The molecule has 0 radical (unpaired) electrons. The topological polar surface area (TPSA) is 53.8 Å². The molecular weight excluding hydrogens is 320 g/mol. The van der Waals surface area contributed by atoms with Crippen molar-refractivity contribution in [1.82, 2.24) is 5.32 Å². The fourth-order valence-electron chi connectivity index (χ4n) is 2.38. The van der Waals surface area contributed by atoms with Crippen LogP contribution in [0.1, 0.15) is 38.4 Å². The van der Waals surface area contributed by atoms with Crippen LogP contribution in [-0.2, 0) is 4.84 Å². The van der Waals surface area contributed by atoms with Gasteiger partial charge in [-0.1, -0.05) is 33.2 Å². The maximum Gasteiger partial charge on any atom is 0.173 e. The molecule has 0 saturated carbocycles. The lowest BCUT2D eigenvalue weighted by molar-refractivity contribution is 0.0680. The van der Waals surface area contributed by atoms with Crippen molar-refractivity contribution in [2.24, 2.45) is 5.16 Å². The lowest BCUT2D eigenvalue weighted by atomic mass is 9.98. The number of aliphatic hydroxyl groups excluding tert-OH is 1. The van der Waals surface area contributed by atoms with Gasteiger partial charge in [-0.3, -0.25) is 0 Å². The lowest BCUT2D eigenvalue weighted by Gasteiger charge is -2.23. The highest BCUT2D eigenvalue weighted by Crippen LogP contribution is 2.29. The van der Waals surface area contributed by atoms with Crippen molar-refractivity contribution in [3.05, 3.63) is 34.3 Å². The Labute approximate surface area is 128 Å². The van der Waals surface area contributed by atoms with Crippen LogP contribution in [0.4, 0.5) is 0 Å². The van der Waals surface area contributed by atoms with Crippen molar-refractivity contribution in [2.75, 3.05) is 6.61 Å². The predicted octanol–water partition coefficient (Wildman–Crippen LogP) is 3.02. The molecule has 5 heteroatoms. The van der Waals surface area contributed by atoms with E-state index < -0.39 is 0 Å². The van der Waals surface area contributed by atoms with Crippen LogP contribution in [-0.4, -0.2) is 29.5 Å². The summed E-state index contributed by atoms with van der Waals surface area (Å²) in [5.74, 6) is 0. The number of nitrogens with zero attached hydrogens (tertiary/aromatic N) is 1. The van der Waals surface area contributed by atoms with Crippen molar-refractivity contribution in [2.45, 2.75) is 44.9 Å². The average Bonchev–Trinajstić information content (AvgIpc) is 2.79. The maximum absolute atomic E-state index is 8.90. The molecule has 20 heavy (non-hydrogen) atoms. The van der Waals surface area contributed by atoms with Crippen LogP contribution in [0.3, 0.4) is 0 Å². The highest BCUT2D eigenvalue weighted by atomic mass is 79.9. The van der Waals surface area contributed by atoms with Crippen LogP contribution < -0.4 is 5.32 Å². The number of benzene rings is 1. The maximum atomic E-state index is 8.90.